The summed E-state index contributed by atoms with van der Waals surface area (Å²) < 4.78 is 28.1. The van der Waals surface area contributed by atoms with Crippen LogP contribution in [0.1, 0.15) is 20.3 Å². The van der Waals surface area contributed by atoms with Crippen molar-refractivity contribution in [3.05, 3.63) is 0 Å². The molecule has 1 N–H and O–H groups in total. The van der Waals surface area contributed by atoms with Crippen LogP contribution >= 0.6 is 7.68 Å². The SMILES string of the molecule is CCOP(=O)(F)C(CC)C(=O)O. The van der Waals surface area contributed by atoms with E-state index in [-0.39, 0.29) is 13.0 Å². The van der Waals surface area contributed by atoms with Gasteiger partial charge in [0.05, 0.1) is 6.61 Å². The van der Waals surface area contributed by atoms with Gasteiger partial charge in [0.25, 0.3) is 0 Å². The average molecular weight is 198 g/mol. The zero-order chi connectivity index (χ0) is 9.78. The van der Waals surface area contributed by atoms with Gasteiger partial charge in [-0.1, -0.05) is 6.92 Å². The fourth-order valence-electron chi connectivity index (χ4n) is 0.791. The molecule has 0 heterocycles. The summed E-state index contributed by atoms with van der Waals surface area (Å²) in [4.78, 5) is 10.4. The van der Waals surface area contributed by atoms with Crippen molar-refractivity contribution in [2.45, 2.75) is 25.9 Å². The maximum absolute atomic E-state index is 13.0. The lowest BCUT2D eigenvalue weighted by molar-refractivity contribution is -0.136. The Morgan fingerprint density at radius 3 is 2.42 bits per heavy atom. The van der Waals surface area contributed by atoms with E-state index in [2.05, 4.69) is 4.52 Å². The van der Waals surface area contributed by atoms with Gasteiger partial charge in [0, 0.05) is 0 Å². The molecule has 0 aliphatic heterocycles. The Hall–Kier alpha value is -0.410. The molecule has 12 heavy (non-hydrogen) atoms. The molecule has 0 aliphatic carbocycles. The van der Waals surface area contributed by atoms with Crippen LogP contribution in [0.4, 0.5) is 4.20 Å². The molecule has 0 aromatic heterocycles. The number of carboxylic acid groups (broad SMARTS) is 1. The van der Waals surface area contributed by atoms with Crippen molar-refractivity contribution >= 4 is 13.6 Å². The molecule has 0 saturated heterocycles. The van der Waals surface area contributed by atoms with E-state index in [9.17, 15) is 13.6 Å². The third kappa shape index (κ3) is 2.91. The van der Waals surface area contributed by atoms with Gasteiger partial charge >= 0.3 is 13.6 Å². The molecule has 0 rings (SSSR count). The van der Waals surface area contributed by atoms with Crippen molar-refractivity contribution in [2.24, 2.45) is 0 Å². The van der Waals surface area contributed by atoms with E-state index in [1.54, 1.807) is 0 Å². The van der Waals surface area contributed by atoms with Gasteiger partial charge in [-0.25, -0.2) is 0 Å². The van der Waals surface area contributed by atoms with Crippen LogP contribution in [0.2, 0.25) is 0 Å². The van der Waals surface area contributed by atoms with Crippen LogP contribution in [0.3, 0.4) is 0 Å². The van der Waals surface area contributed by atoms with Gasteiger partial charge in [-0.05, 0) is 13.3 Å². The summed E-state index contributed by atoms with van der Waals surface area (Å²) in [5.41, 5.74) is -1.53. The summed E-state index contributed by atoms with van der Waals surface area (Å²) in [7, 11) is -4.46. The summed E-state index contributed by atoms with van der Waals surface area (Å²) in [6.45, 7) is 2.82. The van der Waals surface area contributed by atoms with Gasteiger partial charge in [-0.2, -0.15) is 4.20 Å². The van der Waals surface area contributed by atoms with E-state index < -0.39 is 19.3 Å². The Bertz CT molecular complexity index is 206. The van der Waals surface area contributed by atoms with Crippen molar-refractivity contribution in [1.29, 1.82) is 0 Å². The van der Waals surface area contributed by atoms with Gasteiger partial charge < -0.3 is 9.63 Å². The second-order valence-electron chi connectivity index (χ2n) is 2.20. The van der Waals surface area contributed by atoms with Crippen molar-refractivity contribution in [1.82, 2.24) is 0 Å². The first-order valence-electron chi connectivity index (χ1n) is 3.62. The predicted octanol–water partition coefficient (Wildman–Crippen LogP) is 2.05. The normalized spacial score (nSPS) is 18.2. The Morgan fingerprint density at radius 2 is 2.17 bits per heavy atom. The Labute approximate surface area is 70.3 Å². The molecule has 2 unspecified atom stereocenters. The van der Waals surface area contributed by atoms with Crippen LogP contribution in [0.25, 0.3) is 0 Å². The van der Waals surface area contributed by atoms with Crippen molar-refractivity contribution in [2.75, 3.05) is 6.61 Å². The minimum atomic E-state index is -4.46. The van der Waals surface area contributed by atoms with Gasteiger partial charge in [-0.15, -0.1) is 0 Å². The fraction of sp³-hybridized carbons (Fsp3) is 0.833. The van der Waals surface area contributed by atoms with E-state index in [4.69, 9.17) is 5.11 Å². The molecule has 0 aliphatic rings. The van der Waals surface area contributed by atoms with Crippen molar-refractivity contribution in [3.8, 4) is 0 Å². The van der Waals surface area contributed by atoms with E-state index in [1.165, 1.54) is 13.8 Å². The first kappa shape index (κ1) is 11.6. The second kappa shape index (κ2) is 4.58. The summed E-state index contributed by atoms with van der Waals surface area (Å²) in [5, 5.41) is 8.44. The first-order valence-corrected chi connectivity index (χ1v) is 5.20. The highest BCUT2D eigenvalue weighted by Gasteiger charge is 2.38. The van der Waals surface area contributed by atoms with E-state index in [1.807, 2.05) is 0 Å². The molecule has 2 atom stereocenters. The molecular formula is C6H12FO4P. The second-order valence-corrected chi connectivity index (χ2v) is 4.12. The van der Waals surface area contributed by atoms with Gasteiger partial charge in [0.2, 0.25) is 0 Å². The quantitative estimate of drug-likeness (QED) is 0.686. The number of hydrogen-bond donors (Lipinski definition) is 1. The van der Waals surface area contributed by atoms with Crippen LogP contribution in [0.5, 0.6) is 0 Å². The lowest BCUT2D eigenvalue weighted by atomic mass is 10.3. The molecule has 4 nitrogen and oxygen atoms in total. The number of halogens is 1. The van der Waals surface area contributed by atoms with E-state index in [0.29, 0.717) is 0 Å². The Morgan fingerprint density at radius 1 is 1.67 bits per heavy atom. The number of carbonyl (C=O) groups is 1. The third-order valence-corrected chi connectivity index (χ3v) is 3.29. The maximum Gasteiger partial charge on any atom is 0.381 e. The molecule has 0 saturated carbocycles. The smallest absolute Gasteiger partial charge is 0.381 e. The van der Waals surface area contributed by atoms with Gasteiger partial charge in [0.15, 0.2) is 5.66 Å². The average Bonchev–Trinajstić information content (AvgIpc) is 1.86. The van der Waals surface area contributed by atoms with Crippen molar-refractivity contribution in [3.63, 3.8) is 0 Å². The number of hydrogen-bond acceptors (Lipinski definition) is 3. The molecule has 0 bridgehead atoms. The monoisotopic (exact) mass is 198 g/mol. The fourth-order valence-corrected chi connectivity index (χ4v) is 2.02. The largest absolute Gasteiger partial charge is 0.481 e. The van der Waals surface area contributed by atoms with Crippen LogP contribution in [0, 0.1) is 0 Å². The highest BCUT2D eigenvalue weighted by atomic mass is 31.2. The summed E-state index contributed by atoms with van der Waals surface area (Å²) in [6.07, 6.45) is -0.0386. The molecule has 72 valence electrons. The summed E-state index contributed by atoms with van der Waals surface area (Å²) in [5.74, 6) is -1.42. The zero-order valence-electron chi connectivity index (χ0n) is 6.99. The third-order valence-electron chi connectivity index (χ3n) is 1.35. The van der Waals surface area contributed by atoms with Crippen LogP contribution in [-0.4, -0.2) is 23.3 Å². The molecule has 0 fully saturated rings. The number of aliphatic carboxylic acids is 1. The predicted molar refractivity (Wildman–Crippen MR) is 42.1 cm³/mol. The molecule has 0 aromatic carbocycles. The molecular weight excluding hydrogens is 186 g/mol. The van der Waals surface area contributed by atoms with Gasteiger partial charge in [0.1, 0.15) is 0 Å². The lowest BCUT2D eigenvalue weighted by Crippen LogP contribution is -2.18. The zero-order valence-corrected chi connectivity index (χ0v) is 7.88. The molecule has 0 radical (unpaired) electrons. The minimum absolute atomic E-state index is 0.0386. The lowest BCUT2D eigenvalue weighted by Gasteiger charge is -2.14. The first-order chi connectivity index (χ1) is 5.45. The highest BCUT2D eigenvalue weighted by Crippen LogP contribution is 2.54. The van der Waals surface area contributed by atoms with Gasteiger partial charge in [-0.3, -0.25) is 9.36 Å². The minimum Gasteiger partial charge on any atom is -0.481 e. The standard InChI is InChI=1S/C6H12FO4P/c1-3-5(6(8)9)12(7,10)11-4-2/h5H,3-4H2,1-2H3,(H,8,9). The summed E-state index contributed by atoms with van der Waals surface area (Å²) >= 11 is 0. The number of carboxylic acids is 1. The van der Waals surface area contributed by atoms with Crippen LogP contribution in [0.15, 0.2) is 0 Å². The molecule has 0 aromatic rings. The molecule has 6 heteroatoms. The Kier molecular flexibility index (Phi) is 4.42. The maximum atomic E-state index is 13.0. The van der Waals surface area contributed by atoms with Crippen LogP contribution < -0.4 is 0 Å². The van der Waals surface area contributed by atoms with Crippen molar-refractivity contribution < 1.29 is 23.2 Å². The van der Waals surface area contributed by atoms with E-state index >= 15 is 0 Å². The van der Waals surface area contributed by atoms with Crippen LogP contribution in [-0.2, 0) is 13.9 Å². The Balaban J connectivity index is 4.48. The van der Waals surface area contributed by atoms with E-state index in [0.717, 1.165) is 0 Å². The molecule has 0 amide bonds. The summed E-state index contributed by atoms with van der Waals surface area (Å²) in [6, 6.07) is 0. The highest BCUT2D eigenvalue weighted by molar-refractivity contribution is 7.55. The topological polar surface area (TPSA) is 63.6 Å². The molecule has 0 spiro atoms. The number of rotatable bonds is 5.